The highest BCUT2D eigenvalue weighted by molar-refractivity contribution is 5.85. The third-order valence-corrected chi connectivity index (χ3v) is 2.55. The number of rotatable bonds is 1. The number of halogens is 1. The molecule has 0 saturated heterocycles. The lowest BCUT2D eigenvalue weighted by molar-refractivity contribution is 0.474. The van der Waals surface area contributed by atoms with Crippen LogP contribution in [-0.2, 0) is 6.42 Å². The van der Waals surface area contributed by atoms with Gasteiger partial charge in [-0.15, -0.1) is 12.4 Å². The van der Waals surface area contributed by atoms with Gasteiger partial charge in [-0.2, -0.15) is 0 Å². The Morgan fingerprint density at radius 2 is 2.23 bits per heavy atom. The van der Waals surface area contributed by atoms with Gasteiger partial charge in [0.2, 0.25) is 0 Å². The predicted molar refractivity (Wildman–Crippen MR) is 55.5 cm³/mol. The van der Waals surface area contributed by atoms with E-state index < -0.39 is 0 Å². The van der Waals surface area contributed by atoms with Gasteiger partial charge in [-0.3, -0.25) is 0 Å². The van der Waals surface area contributed by atoms with Crippen LogP contribution in [0.2, 0.25) is 0 Å². The zero-order valence-electron chi connectivity index (χ0n) is 7.58. The molecule has 3 heteroatoms. The Kier molecular flexibility index (Phi) is 3.17. The standard InChI is InChI=1S/C10H13NO.ClH/c1-11-10-5-2-7-6-8(12)3-4-9(7)10;/h3-4,6,10-12H,2,5H2,1H3;1H. The van der Waals surface area contributed by atoms with Crippen molar-refractivity contribution >= 4 is 12.4 Å². The van der Waals surface area contributed by atoms with Gasteiger partial charge in [0.05, 0.1) is 0 Å². The first-order valence-corrected chi connectivity index (χ1v) is 4.30. The van der Waals surface area contributed by atoms with Crippen molar-refractivity contribution in [1.82, 2.24) is 5.32 Å². The number of phenolic OH excluding ortho intramolecular Hbond substituents is 1. The van der Waals surface area contributed by atoms with Crippen LogP contribution in [0.1, 0.15) is 23.6 Å². The van der Waals surface area contributed by atoms with Crippen molar-refractivity contribution in [2.75, 3.05) is 7.05 Å². The average Bonchev–Trinajstić information content (AvgIpc) is 2.46. The molecule has 0 aliphatic heterocycles. The summed E-state index contributed by atoms with van der Waals surface area (Å²) >= 11 is 0. The summed E-state index contributed by atoms with van der Waals surface area (Å²) in [5, 5.41) is 12.5. The first-order valence-electron chi connectivity index (χ1n) is 4.30. The molecule has 1 atom stereocenters. The second-order valence-electron chi connectivity index (χ2n) is 3.26. The van der Waals surface area contributed by atoms with Gasteiger partial charge in [0.15, 0.2) is 0 Å². The van der Waals surface area contributed by atoms with Gasteiger partial charge in [-0.25, -0.2) is 0 Å². The van der Waals surface area contributed by atoms with Gasteiger partial charge in [0.25, 0.3) is 0 Å². The molecule has 0 bridgehead atoms. The summed E-state index contributed by atoms with van der Waals surface area (Å²) < 4.78 is 0. The Bertz CT molecular complexity index is 301. The molecule has 2 N–H and O–H groups in total. The number of aromatic hydroxyl groups is 1. The smallest absolute Gasteiger partial charge is 0.115 e. The lowest BCUT2D eigenvalue weighted by Gasteiger charge is -2.09. The first kappa shape index (κ1) is 10.4. The van der Waals surface area contributed by atoms with E-state index in [1.807, 2.05) is 19.2 Å². The molecule has 1 aromatic carbocycles. The number of phenols is 1. The number of fused-ring (bicyclic) bond motifs is 1. The Hall–Kier alpha value is -0.730. The van der Waals surface area contributed by atoms with E-state index in [-0.39, 0.29) is 12.4 Å². The number of hydrogen-bond donors (Lipinski definition) is 2. The maximum Gasteiger partial charge on any atom is 0.115 e. The lowest BCUT2D eigenvalue weighted by atomic mass is 10.1. The van der Waals surface area contributed by atoms with Gasteiger partial charge in [-0.05, 0) is 43.1 Å². The van der Waals surface area contributed by atoms with Gasteiger partial charge in [0.1, 0.15) is 5.75 Å². The molecule has 0 heterocycles. The van der Waals surface area contributed by atoms with Gasteiger partial charge in [-0.1, -0.05) is 6.07 Å². The van der Waals surface area contributed by atoms with Crippen LogP contribution in [0.5, 0.6) is 5.75 Å². The van der Waals surface area contributed by atoms with E-state index in [0.717, 1.165) is 12.8 Å². The predicted octanol–water partition coefficient (Wildman–Crippen LogP) is 2.02. The molecule has 2 nitrogen and oxygen atoms in total. The van der Waals surface area contributed by atoms with Crippen LogP contribution in [0.15, 0.2) is 18.2 Å². The summed E-state index contributed by atoms with van der Waals surface area (Å²) in [6, 6.07) is 6.13. The van der Waals surface area contributed by atoms with Crippen molar-refractivity contribution in [3.8, 4) is 5.75 Å². The van der Waals surface area contributed by atoms with Crippen molar-refractivity contribution < 1.29 is 5.11 Å². The van der Waals surface area contributed by atoms with Crippen molar-refractivity contribution in [3.63, 3.8) is 0 Å². The first-order chi connectivity index (χ1) is 5.81. The molecule has 0 saturated carbocycles. The highest BCUT2D eigenvalue weighted by atomic mass is 35.5. The van der Waals surface area contributed by atoms with E-state index in [0.29, 0.717) is 11.8 Å². The highest BCUT2D eigenvalue weighted by Crippen LogP contribution is 2.32. The van der Waals surface area contributed by atoms with Crippen molar-refractivity contribution in [2.24, 2.45) is 0 Å². The van der Waals surface area contributed by atoms with Crippen LogP contribution in [0.25, 0.3) is 0 Å². The summed E-state index contributed by atoms with van der Waals surface area (Å²) in [6.45, 7) is 0. The molecule has 0 radical (unpaired) electrons. The molecule has 2 rings (SSSR count). The minimum absolute atomic E-state index is 0. The van der Waals surface area contributed by atoms with Gasteiger partial charge in [0, 0.05) is 6.04 Å². The lowest BCUT2D eigenvalue weighted by Crippen LogP contribution is -2.12. The zero-order chi connectivity index (χ0) is 8.55. The van der Waals surface area contributed by atoms with Crippen LogP contribution in [0.3, 0.4) is 0 Å². The SMILES string of the molecule is CNC1CCc2cc(O)ccc21.Cl. The molecule has 1 aliphatic carbocycles. The molecule has 0 spiro atoms. The van der Waals surface area contributed by atoms with E-state index in [9.17, 15) is 5.11 Å². The molecular formula is C10H14ClNO. The second kappa shape index (κ2) is 3.99. The number of aryl methyl sites for hydroxylation is 1. The molecule has 0 aromatic heterocycles. The third-order valence-electron chi connectivity index (χ3n) is 2.55. The van der Waals surface area contributed by atoms with Crippen molar-refractivity contribution in [1.29, 1.82) is 0 Å². The maximum atomic E-state index is 9.23. The number of nitrogens with one attached hydrogen (secondary N) is 1. The highest BCUT2D eigenvalue weighted by Gasteiger charge is 2.20. The van der Waals surface area contributed by atoms with Gasteiger partial charge < -0.3 is 10.4 Å². The summed E-state index contributed by atoms with van der Waals surface area (Å²) in [4.78, 5) is 0. The Balaban J connectivity index is 0.000000845. The third kappa shape index (κ3) is 1.79. The van der Waals surface area contributed by atoms with E-state index in [1.165, 1.54) is 11.1 Å². The average molecular weight is 200 g/mol. The molecule has 13 heavy (non-hydrogen) atoms. The van der Waals surface area contributed by atoms with E-state index in [4.69, 9.17) is 0 Å². The molecule has 1 aliphatic rings. The number of benzene rings is 1. The second-order valence-corrected chi connectivity index (χ2v) is 3.26. The number of hydrogen-bond acceptors (Lipinski definition) is 2. The summed E-state index contributed by atoms with van der Waals surface area (Å²) in [7, 11) is 1.98. The fourth-order valence-electron chi connectivity index (χ4n) is 1.90. The molecule has 0 amide bonds. The van der Waals surface area contributed by atoms with Gasteiger partial charge >= 0.3 is 0 Å². The Morgan fingerprint density at radius 1 is 1.46 bits per heavy atom. The monoisotopic (exact) mass is 199 g/mol. The molecule has 72 valence electrons. The molecule has 1 unspecified atom stereocenters. The van der Waals surface area contributed by atoms with E-state index in [2.05, 4.69) is 5.32 Å². The molecule has 0 fully saturated rings. The van der Waals surface area contributed by atoms with Crippen LogP contribution in [0, 0.1) is 0 Å². The van der Waals surface area contributed by atoms with Crippen LogP contribution in [-0.4, -0.2) is 12.2 Å². The Morgan fingerprint density at radius 3 is 2.92 bits per heavy atom. The van der Waals surface area contributed by atoms with Crippen LogP contribution < -0.4 is 5.32 Å². The van der Waals surface area contributed by atoms with Crippen LogP contribution >= 0.6 is 12.4 Å². The summed E-state index contributed by atoms with van der Waals surface area (Å²) in [5.74, 6) is 0.380. The van der Waals surface area contributed by atoms with Crippen molar-refractivity contribution in [2.45, 2.75) is 18.9 Å². The summed E-state index contributed by atoms with van der Waals surface area (Å²) in [5.41, 5.74) is 2.63. The Labute approximate surface area is 84.4 Å². The minimum atomic E-state index is 0. The van der Waals surface area contributed by atoms with Crippen LogP contribution in [0.4, 0.5) is 0 Å². The normalized spacial score (nSPS) is 19.3. The van der Waals surface area contributed by atoms with E-state index >= 15 is 0 Å². The van der Waals surface area contributed by atoms with E-state index in [1.54, 1.807) is 6.07 Å². The topological polar surface area (TPSA) is 32.3 Å². The fraction of sp³-hybridized carbons (Fsp3) is 0.400. The van der Waals surface area contributed by atoms with Crippen molar-refractivity contribution in [3.05, 3.63) is 29.3 Å². The largest absolute Gasteiger partial charge is 0.508 e. The molecular weight excluding hydrogens is 186 g/mol. The minimum Gasteiger partial charge on any atom is -0.508 e. The quantitative estimate of drug-likeness (QED) is 0.726. The maximum absolute atomic E-state index is 9.23. The summed E-state index contributed by atoms with van der Waals surface area (Å²) in [6.07, 6.45) is 2.23. The molecule has 1 aromatic rings. The fourth-order valence-corrected chi connectivity index (χ4v) is 1.90. The zero-order valence-corrected chi connectivity index (χ0v) is 8.40.